The van der Waals surface area contributed by atoms with E-state index in [0.717, 1.165) is 15.6 Å². The van der Waals surface area contributed by atoms with Crippen LogP contribution in [0.25, 0.3) is 10.1 Å². The van der Waals surface area contributed by atoms with Crippen molar-refractivity contribution in [3.63, 3.8) is 0 Å². The summed E-state index contributed by atoms with van der Waals surface area (Å²) in [5.41, 5.74) is 4.53. The van der Waals surface area contributed by atoms with Crippen molar-refractivity contribution in [2.75, 3.05) is 0 Å². The molecule has 0 radical (unpaired) electrons. The van der Waals surface area contributed by atoms with Crippen molar-refractivity contribution in [3.05, 3.63) is 129 Å². The average Bonchev–Trinajstić information content (AvgIpc) is 3.30. The van der Waals surface area contributed by atoms with E-state index in [1.54, 1.807) is 60.7 Å². The number of carbonyl (C=O) groups excluding carboxylic acids is 2. The largest absolute Gasteiger partial charge is 0.489 e. The van der Waals surface area contributed by atoms with Crippen molar-refractivity contribution in [1.82, 2.24) is 5.43 Å². The first-order valence-corrected chi connectivity index (χ1v) is 13.3. The Hall–Kier alpha value is -4.17. The maximum atomic E-state index is 12.7. The van der Waals surface area contributed by atoms with E-state index in [2.05, 4.69) is 10.5 Å². The van der Waals surface area contributed by atoms with Crippen LogP contribution in [0.15, 0.2) is 102 Å². The lowest BCUT2D eigenvalue weighted by Gasteiger charge is -2.07. The second-order valence-electron chi connectivity index (χ2n) is 8.34. The monoisotopic (exact) mass is 574 g/mol. The molecule has 1 amide bonds. The topological polar surface area (TPSA) is 77.0 Å². The van der Waals surface area contributed by atoms with E-state index >= 15 is 0 Å². The zero-order chi connectivity index (χ0) is 27.2. The van der Waals surface area contributed by atoms with Gasteiger partial charge in [0.15, 0.2) is 0 Å². The number of esters is 1. The highest BCUT2D eigenvalue weighted by atomic mass is 35.5. The molecule has 0 unspecified atom stereocenters. The molecule has 0 aliphatic carbocycles. The summed E-state index contributed by atoms with van der Waals surface area (Å²) in [6.45, 7) is 0.387. The van der Waals surface area contributed by atoms with Crippen molar-refractivity contribution in [2.24, 2.45) is 5.10 Å². The fourth-order valence-corrected chi connectivity index (χ4v) is 5.15. The van der Waals surface area contributed by atoms with Crippen LogP contribution in [-0.4, -0.2) is 18.1 Å². The maximum absolute atomic E-state index is 12.7. The van der Waals surface area contributed by atoms with Gasteiger partial charge in [0.1, 0.15) is 23.0 Å². The van der Waals surface area contributed by atoms with Crippen molar-refractivity contribution < 1.29 is 19.1 Å². The zero-order valence-corrected chi connectivity index (χ0v) is 22.6. The van der Waals surface area contributed by atoms with Crippen LogP contribution < -0.4 is 14.9 Å². The molecule has 9 heteroatoms. The van der Waals surface area contributed by atoms with E-state index in [9.17, 15) is 9.59 Å². The number of thiophene rings is 1. The lowest BCUT2D eigenvalue weighted by Crippen LogP contribution is -2.17. The molecule has 194 valence electrons. The summed E-state index contributed by atoms with van der Waals surface area (Å²) in [5.74, 6) is 0.0490. The number of fused-ring (bicyclic) bond motifs is 1. The van der Waals surface area contributed by atoms with Crippen LogP contribution in [0.2, 0.25) is 10.0 Å². The van der Waals surface area contributed by atoms with Crippen molar-refractivity contribution in [2.45, 2.75) is 6.61 Å². The van der Waals surface area contributed by atoms with Crippen molar-refractivity contribution in [1.29, 1.82) is 0 Å². The van der Waals surface area contributed by atoms with E-state index < -0.39 is 5.97 Å². The average molecular weight is 575 g/mol. The van der Waals surface area contributed by atoms with E-state index in [1.165, 1.54) is 17.6 Å². The van der Waals surface area contributed by atoms with Gasteiger partial charge in [0.05, 0.1) is 11.2 Å². The Morgan fingerprint density at radius 2 is 1.64 bits per heavy atom. The van der Waals surface area contributed by atoms with Crippen LogP contribution in [0.5, 0.6) is 11.5 Å². The molecule has 0 saturated carbocycles. The van der Waals surface area contributed by atoms with Crippen LogP contribution in [0.3, 0.4) is 0 Å². The molecule has 1 aromatic heterocycles. The van der Waals surface area contributed by atoms with Gasteiger partial charge in [-0.1, -0.05) is 65.7 Å². The molecule has 0 fully saturated rings. The molecule has 1 N–H and O–H groups in total. The van der Waals surface area contributed by atoms with Crippen LogP contribution in [0.4, 0.5) is 0 Å². The molecular weight excluding hydrogens is 555 g/mol. The molecule has 0 aliphatic rings. The van der Waals surface area contributed by atoms with Crippen LogP contribution in [-0.2, 0) is 6.61 Å². The molecule has 0 bridgehead atoms. The number of nitrogens with one attached hydrogen (secondary N) is 1. The molecule has 1 heterocycles. The number of hydrogen-bond donors (Lipinski definition) is 1. The summed E-state index contributed by atoms with van der Waals surface area (Å²) in [6.07, 6.45) is 1.46. The lowest BCUT2D eigenvalue weighted by molar-refractivity contribution is 0.0739. The Morgan fingerprint density at radius 1 is 0.872 bits per heavy atom. The summed E-state index contributed by atoms with van der Waals surface area (Å²) in [6, 6.07) is 28.4. The maximum Gasteiger partial charge on any atom is 0.355 e. The molecule has 0 spiro atoms. The number of hydrazone groups is 1. The molecule has 5 rings (SSSR count). The third-order valence-corrected chi connectivity index (χ3v) is 7.51. The number of nitrogens with zero attached hydrogens (tertiary/aromatic N) is 1. The third-order valence-electron chi connectivity index (χ3n) is 5.60. The molecule has 5 aromatic rings. The summed E-state index contributed by atoms with van der Waals surface area (Å²) in [4.78, 5) is 25.5. The first kappa shape index (κ1) is 26.4. The molecule has 4 aromatic carbocycles. The van der Waals surface area contributed by atoms with Crippen molar-refractivity contribution in [3.8, 4) is 11.5 Å². The fourth-order valence-electron chi connectivity index (χ4n) is 3.64. The minimum absolute atomic E-state index is 0.331. The summed E-state index contributed by atoms with van der Waals surface area (Å²) in [7, 11) is 0. The van der Waals surface area contributed by atoms with Gasteiger partial charge in [0.2, 0.25) is 0 Å². The third kappa shape index (κ3) is 6.64. The van der Waals surface area contributed by atoms with Gasteiger partial charge >= 0.3 is 5.97 Å². The quantitative estimate of drug-likeness (QED) is 0.0888. The van der Waals surface area contributed by atoms with Crippen LogP contribution in [0.1, 0.15) is 31.2 Å². The van der Waals surface area contributed by atoms with E-state index in [0.29, 0.717) is 44.2 Å². The lowest BCUT2D eigenvalue weighted by atomic mass is 10.2. The smallest absolute Gasteiger partial charge is 0.355 e. The Morgan fingerprint density at radius 3 is 2.41 bits per heavy atom. The molecule has 39 heavy (non-hydrogen) atoms. The second kappa shape index (κ2) is 12.1. The van der Waals surface area contributed by atoms with Gasteiger partial charge in [-0.2, -0.15) is 5.10 Å². The Kier molecular flexibility index (Phi) is 8.22. The molecule has 0 saturated heterocycles. The minimum Gasteiger partial charge on any atom is -0.489 e. The number of amides is 1. The summed E-state index contributed by atoms with van der Waals surface area (Å²) in [5, 5.41) is 5.88. The van der Waals surface area contributed by atoms with Crippen molar-refractivity contribution >= 4 is 62.7 Å². The number of ether oxygens (including phenoxy) is 2. The number of benzene rings is 4. The number of carbonyl (C=O) groups is 2. The highest BCUT2D eigenvalue weighted by Crippen LogP contribution is 2.35. The zero-order valence-electron chi connectivity index (χ0n) is 20.3. The Balaban J connectivity index is 1.15. The van der Waals surface area contributed by atoms with Crippen LogP contribution >= 0.6 is 34.5 Å². The number of rotatable bonds is 8. The standard InChI is InChI=1S/C30H20Cl2N2O4S/c31-22-12-8-19(9-13-22)18-37-23-14-10-21(11-15-23)29(35)34-33-17-20-4-3-5-24(16-20)38-30(36)28-27(32)25-6-1-2-7-26(25)39-28/h1-17H,18H2,(H,34,35). The summed E-state index contributed by atoms with van der Waals surface area (Å²) < 4.78 is 12.2. The first-order chi connectivity index (χ1) is 19.0. The van der Waals surface area contributed by atoms with Gasteiger partial charge in [0.25, 0.3) is 5.91 Å². The SMILES string of the molecule is O=C(NN=Cc1cccc(OC(=O)c2sc3ccccc3c2Cl)c1)c1ccc(OCc2ccc(Cl)cc2)cc1. The van der Waals surface area contributed by atoms with Gasteiger partial charge < -0.3 is 9.47 Å². The van der Waals surface area contributed by atoms with Crippen LogP contribution in [0, 0.1) is 0 Å². The van der Waals surface area contributed by atoms with Gasteiger partial charge in [-0.05, 0) is 65.7 Å². The second-order valence-corrected chi connectivity index (χ2v) is 10.2. The highest BCUT2D eigenvalue weighted by molar-refractivity contribution is 7.21. The van der Waals surface area contributed by atoms with Gasteiger partial charge in [-0.3, -0.25) is 4.79 Å². The first-order valence-electron chi connectivity index (χ1n) is 11.8. The fraction of sp³-hybridized carbons (Fsp3) is 0.0333. The normalized spacial score (nSPS) is 11.0. The van der Waals surface area contributed by atoms with E-state index in [1.807, 2.05) is 36.4 Å². The number of hydrogen-bond acceptors (Lipinski definition) is 6. The number of halogens is 2. The van der Waals surface area contributed by atoms with E-state index in [4.69, 9.17) is 32.7 Å². The predicted molar refractivity (Wildman–Crippen MR) is 156 cm³/mol. The highest BCUT2D eigenvalue weighted by Gasteiger charge is 2.19. The predicted octanol–water partition coefficient (Wildman–Crippen LogP) is 7.77. The Labute approximate surface area is 238 Å². The van der Waals surface area contributed by atoms with Gasteiger partial charge in [0, 0.05) is 20.7 Å². The van der Waals surface area contributed by atoms with Gasteiger partial charge in [-0.15, -0.1) is 11.3 Å². The summed E-state index contributed by atoms with van der Waals surface area (Å²) >= 11 is 13.6. The van der Waals surface area contributed by atoms with E-state index in [-0.39, 0.29) is 5.91 Å². The molecule has 0 aliphatic heterocycles. The van der Waals surface area contributed by atoms with Gasteiger partial charge in [-0.25, -0.2) is 10.2 Å². The molecule has 0 atom stereocenters. The minimum atomic E-state index is -0.538. The molecular formula is C30H20Cl2N2O4S. The Bertz CT molecular complexity index is 1670. The molecule has 6 nitrogen and oxygen atoms in total.